The highest BCUT2D eigenvalue weighted by molar-refractivity contribution is 5.79. The van der Waals surface area contributed by atoms with E-state index in [0.29, 0.717) is 0 Å². The summed E-state index contributed by atoms with van der Waals surface area (Å²) < 4.78 is 20.3. The summed E-state index contributed by atoms with van der Waals surface area (Å²) in [6.07, 6.45) is 0. The fourth-order valence-corrected chi connectivity index (χ4v) is 5.98. The largest absolute Gasteiger partial charge is 0.459 e. The Kier molecular flexibility index (Phi) is 5.66. The van der Waals surface area contributed by atoms with Crippen molar-refractivity contribution in [2.45, 2.75) is 112 Å². The molecule has 0 radical (unpaired) electrons. The maximum atomic E-state index is 14.4. The summed E-state index contributed by atoms with van der Waals surface area (Å²) in [5.41, 5.74) is -4.49. The summed E-state index contributed by atoms with van der Waals surface area (Å²) in [7, 11) is 0. The van der Waals surface area contributed by atoms with Crippen molar-refractivity contribution in [1.82, 2.24) is 0 Å². The van der Waals surface area contributed by atoms with E-state index >= 15 is 0 Å². The second-order valence-electron chi connectivity index (χ2n) is 13.2. The molecule has 176 valence electrons. The lowest BCUT2D eigenvalue weighted by molar-refractivity contribution is -0.255. The van der Waals surface area contributed by atoms with E-state index in [9.17, 15) is 14.3 Å². The van der Waals surface area contributed by atoms with Gasteiger partial charge in [0.2, 0.25) is 0 Å². The Morgan fingerprint density at radius 1 is 0.903 bits per heavy atom. The van der Waals surface area contributed by atoms with E-state index < -0.39 is 44.2 Å². The molecule has 0 saturated carbocycles. The first kappa shape index (κ1) is 25.8. The minimum absolute atomic E-state index is 0.296. The lowest BCUT2D eigenvalue weighted by atomic mass is 9.34. The second-order valence-corrected chi connectivity index (χ2v) is 13.2. The molecule has 31 heavy (non-hydrogen) atoms. The van der Waals surface area contributed by atoms with Crippen LogP contribution in [-0.4, -0.2) is 22.3 Å². The summed E-state index contributed by atoms with van der Waals surface area (Å²) in [6, 6.07) is 4.85. The number of benzene rings is 1. The van der Waals surface area contributed by atoms with E-state index in [0.717, 1.165) is 11.1 Å². The molecule has 1 N–H and O–H groups in total. The molecule has 0 amide bonds. The van der Waals surface area contributed by atoms with Gasteiger partial charge in [0.1, 0.15) is 11.4 Å². The highest BCUT2D eigenvalue weighted by Crippen LogP contribution is 2.70. The van der Waals surface area contributed by atoms with Crippen molar-refractivity contribution in [1.29, 1.82) is 0 Å². The molecular weight excluding hydrogens is 391 g/mol. The molecule has 1 aromatic carbocycles. The van der Waals surface area contributed by atoms with Crippen molar-refractivity contribution in [2.75, 3.05) is 0 Å². The number of fused-ring (bicyclic) bond motifs is 1. The minimum atomic E-state index is -1.53. The van der Waals surface area contributed by atoms with Gasteiger partial charge in [-0.05, 0) is 68.7 Å². The van der Waals surface area contributed by atoms with Crippen molar-refractivity contribution < 1.29 is 19.0 Å². The van der Waals surface area contributed by atoms with Crippen LogP contribution < -0.4 is 0 Å². The Balaban J connectivity index is 3.05. The van der Waals surface area contributed by atoms with Gasteiger partial charge in [-0.3, -0.25) is 4.79 Å². The zero-order chi connectivity index (χ0) is 24.6. The topological polar surface area (TPSA) is 46.5 Å². The molecule has 3 nitrogen and oxygen atoms in total. The summed E-state index contributed by atoms with van der Waals surface area (Å²) in [6.45, 7) is 25.4. The van der Waals surface area contributed by atoms with E-state index in [2.05, 4.69) is 20.8 Å². The van der Waals surface area contributed by atoms with Gasteiger partial charge >= 0.3 is 5.97 Å². The van der Waals surface area contributed by atoms with Crippen LogP contribution in [-0.2, 0) is 20.4 Å². The first-order valence-corrected chi connectivity index (χ1v) is 11.3. The highest BCUT2D eigenvalue weighted by Gasteiger charge is 2.75. The van der Waals surface area contributed by atoms with E-state index in [1.54, 1.807) is 26.0 Å². The van der Waals surface area contributed by atoms with Crippen LogP contribution in [0.15, 0.2) is 18.2 Å². The molecule has 0 bridgehead atoms. The molecule has 1 aliphatic carbocycles. The number of carbonyl (C=O) groups excluding carboxylic acids is 1. The number of aliphatic hydroxyl groups is 1. The first-order valence-electron chi connectivity index (χ1n) is 11.3. The van der Waals surface area contributed by atoms with Crippen LogP contribution >= 0.6 is 0 Å². The van der Waals surface area contributed by atoms with Crippen molar-refractivity contribution >= 4 is 5.97 Å². The monoisotopic (exact) mass is 434 g/mol. The van der Waals surface area contributed by atoms with Gasteiger partial charge in [-0.1, -0.05) is 61.5 Å². The number of hydrogen-bond donors (Lipinski definition) is 1. The van der Waals surface area contributed by atoms with Crippen LogP contribution in [0.4, 0.5) is 4.39 Å². The molecule has 0 saturated heterocycles. The molecule has 0 aliphatic heterocycles. The van der Waals surface area contributed by atoms with Crippen molar-refractivity contribution in [3.63, 3.8) is 0 Å². The number of ether oxygens (including phenoxy) is 1. The third-order valence-electron chi connectivity index (χ3n) is 8.70. The van der Waals surface area contributed by atoms with Crippen LogP contribution in [0.1, 0.15) is 101 Å². The molecular formula is C27H43FO3. The molecule has 2 rings (SSSR count). The minimum Gasteiger partial charge on any atom is -0.459 e. The van der Waals surface area contributed by atoms with E-state index in [-0.39, 0.29) is 5.82 Å². The lowest BCUT2D eigenvalue weighted by Crippen LogP contribution is -2.77. The number of carbonyl (C=O) groups is 1. The predicted octanol–water partition coefficient (Wildman–Crippen LogP) is 6.55. The van der Waals surface area contributed by atoms with Gasteiger partial charge in [0.25, 0.3) is 0 Å². The molecule has 4 heteroatoms. The average molecular weight is 435 g/mol. The number of rotatable bonds is 2. The van der Waals surface area contributed by atoms with Crippen LogP contribution in [0, 0.1) is 22.1 Å². The van der Waals surface area contributed by atoms with Gasteiger partial charge < -0.3 is 9.84 Å². The summed E-state index contributed by atoms with van der Waals surface area (Å²) in [5, 5.41) is 13.0. The fourth-order valence-electron chi connectivity index (χ4n) is 5.98. The average Bonchev–Trinajstić information content (AvgIpc) is 2.56. The Morgan fingerprint density at radius 2 is 1.39 bits per heavy atom. The summed E-state index contributed by atoms with van der Waals surface area (Å²) >= 11 is 0. The Hall–Kier alpha value is -1.42. The number of halogens is 1. The molecule has 1 aliphatic rings. The van der Waals surface area contributed by atoms with E-state index in [1.165, 1.54) is 6.07 Å². The van der Waals surface area contributed by atoms with Crippen LogP contribution in [0.5, 0.6) is 0 Å². The molecule has 0 heterocycles. The third kappa shape index (κ3) is 3.19. The quantitative estimate of drug-likeness (QED) is 0.537. The first-order chi connectivity index (χ1) is 13.5. The van der Waals surface area contributed by atoms with Gasteiger partial charge in [0.05, 0.1) is 11.0 Å². The molecule has 0 unspecified atom stereocenters. The van der Waals surface area contributed by atoms with Gasteiger partial charge in [0, 0.05) is 10.8 Å². The Bertz CT molecular complexity index is 883. The van der Waals surface area contributed by atoms with Crippen molar-refractivity contribution in [2.24, 2.45) is 16.2 Å². The summed E-state index contributed by atoms with van der Waals surface area (Å²) in [4.78, 5) is 13.6. The third-order valence-corrected chi connectivity index (χ3v) is 8.70. The molecule has 0 spiro atoms. The second kappa shape index (κ2) is 6.79. The Labute approximate surface area is 188 Å². The van der Waals surface area contributed by atoms with Crippen molar-refractivity contribution in [3.05, 3.63) is 35.1 Å². The maximum Gasteiger partial charge on any atom is 0.315 e. The molecule has 0 aromatic heterocycles. The Morgan fingerprint density at radius 3 is 1.81 bits per heavy atom. The lowest BCUT2D eigenvalue weighted by Gasteiger charge is -2.71. The summed E-state index contributed by atoms with van der Waals surface area (Å²) in [5.74, 6) is -0.733. The molecule has 1 aromatic rings. The van der Waals surface area contributed by atoms with Crippen LogP contribution in [0.25, 0.3) is 0 Å². The van der Waals surface area contributed by atoms with Gasteiger partial charge in [-0.15, -0.1) is 0 Å². The SMILES string of the molecule is CC(C)(C)OC(=O)C(C)(C)[C@@]1(O)C(C)(C)C(C)(C)c2cc(F)ccc2[C@]1(C)C(C)(C)C. The van der Waals surface area contributed by atoms with Crippen LogP contribution in [0.2, 0.25) is 0 Å². The molecule has 2 atom stereocenters. The van der Waals surface area contributed by atoms with Crippen LogP contribution in [0.3, 0.4) is 0 Å². The fraction of sp³-hybridized carbons (Fsp3) is 0.741. The molecule has 0 fully saturated rings. The van der Waals surface area contributed by atoms with Crippen molar-refractivity contribution in [3.8, 4) is 0 Å². The normalized spacial score (nSPS) is 28.1. The smallest absolute Gasteiger partial charge is 0.315 e. The number of esters is 1. The van der Waals surface area contributed by atoms with E-state index in [4.69, 9.17) is 4.74 Å². The van der Waals surface area contributed by atoms with Gasteiger partial charge in [-0.2, -0.15) is 0 Å². The van der Waals surface area contributed by atoms with Gasteiger partial charge in [0.15, 0.2) is 0 Å². The number of hydrogen-bond acceptors (Lipinski definition) is 3. The predicted molar refractivity (Wildman–Crippen MR) is 125 cm³/mol. The standard InChI is InChI=1S/C27H43FO3/c1-21(2,3)26(13)18-15-14-17(28)16-19(18)23(7,8)25(11,12)27(26,30)24(9,10)20(29)31-22(4,5)6/h14-16,30H,1-13H3/t26-,27-/m1/s1. The van der Waals surface area contributed by atoms with Gasteiger partial charge in [-0.25, -0.2) is 4.39 Å². The van der Waals surface area contributed by atoms with E-state index in [1.807, 2.05) is 55.4 Å². The zero-order valence-corrected chi connectivity index (χ0v) is 21.9. The zero-order valence-electron chi connectivity index (χ0n) is 21.9. The maximum absolute atomic E-state index is 14.4. The highest BCUT2D eigenvalue weighted by atomic mass is 19.1.